The van der Waals surface area contributed by atoms with Crippen molar-refractivity contribution in [1.82, 2.24) is 19.5 Å². The Kier molecular flexibility index (Phi) is 5.17. The van der Waals surface area contributed by atoms with Crippen LogP contribution in [0.5, 0.6) is 0 Å². The second-order valence-corrected chi connectivity index (χ2v) is 7.28. The predicted molar refractivity (Wildman–Crippen MR) is 98.7 cm³/mol. The molecule has 0 spiro atoms. The SMILES string of the molecule is Nc1ncnc2c1nc(SCc1ccc(F)cc1)n2[C@@H]1O[C@H](CO)[C@@H](O)[C@H]1O. The van der Waals surface area contributed by atoms with E-state index in [4.69, 9.17) is 10.5 Å². The lowest BCUT2D eigenvalue weighted by molar-refractivity contribution is -0.0548. The fourth-order valence-corrected chi connectivity index (χ4v) is 4.03. The van der Waals surface area contributed by atoms with Gasteiger partial charge in [-0.2, -0.15) is 0 Å². The second-order valence-electron chi connectivity index (χ2n) is 6.34. The number of rotatable bonds is 5. The molecule has 2 aromatic heterocycles. The molecule has 0 amide bonds. The van der Waals surface area contributed by atoms with Gasteiger partial charge in [-0.3, -0.25) is 4.57 Å². The Morgan fingerprint density at radius 3 is 2.61 bits per heavy atom. The lowest BCUT2D eigenvalue weighted by Gasteiger charge is -2.19. The first-order valence-corrected chi connectivity index (χ1v) is 9.46. The minimum atomic E-state index is -1.30. The van der Waals surface area contributed by atoms with E-state index in [2.05, 4.69) is 15.0 Å². The van der Waals surface area contributed by atoms with Crippen molar-refractivity contribution in [3.8, 4) is 0 Å². The van der Waals surface area contributed by atoms with Gasteiger partial charge in [-0.05, 0) is 17.7 Å². The quantitative estimate of drug-likeness (QED) is 0.444. The second kappa shape index (κ2) is 7.60. The molecule has 1 aromatic carbocycles. The largest absolute Gasteiger partial charge is 0.394 e. The van der Waals surface area contributed by atoms with Crippen molar-refractivity contribution in [2.75, 3.05) is 12.3 Å². The van der Waals surface area contributed by atoms with Gasteiger partial charge in [0.05, 0.1) is 6.61 Å². The van der Waals surface area contributed by atoms with Crippen molar-refractivity contribution in [3.63, 3.8) is 0 Å². The van der Waals surface area contributed by atoms with E-state index < -0.39 is 31.1 Å². The van der Waals surface area contributed by atoms with Crippen molar-refractivity contribution in [3.05, 3.63) is 42.0 Å². The van der Waals surface area contributed by atoms with Crippen LogP contribution in [0.15, 0.2) is 35.7 Å². The Bertz CT molecular complexity index is 986. The lowest BCUT2D eigenvalue weighted by Crippen LogP contribution is -2.33. The number of hydrogen-bond donors (Lipinski definition) is 4. The molecule has 9 nitrogen and oxygen atoms in total. The van der Waals surface area contributed by atoms with Crippen molar-refractivity contribution >= 4 is 28.7 Å². The molecule has 0 unspecified atom stereocenters. The van der Waals surface area contributed by atoms with Crippen LogP contribution >= 0.6 is 11.8 Å². The zero-order valence-electron chi connectivity index (χ0n) is 14.5. The molecule has 0 bridgehead atoms. The third-order valence-electron chi connectivity index (χ3n) is 4.53. The molecule has 11 heteroatoms. The predicted octanol–water partition coefficient (Wildman–Crippen LogP) is 0.451. The number of nitrogens with zero attached hydrogens (tertiary/aromatic N) is 4. The Morgan fingerprint density at radius 1 is 1.18 bits per heavy atom. The maximum absolute atomic E-state index is 13.1. The minimum absolute atomic E-state index is 0.166. The van der Waals surface area contributed by atoms with E-state index in [0.29, 0.717) is 22.1 Å². The molecule has 4 rings (SSSR count). The molecule has 5 N–H and O–H groups in total. The number of aromatic nitrogens is 4. The minimum Gasteiger partial charge on any atom is -0.394 e. The number of halogens is 1. The monoisotopic (exact) mass is 407 g/mol. The number of imidazole rings is 1. The Balaban J connectivity index is 1.72. The summed E-state index contributed by atoms with van der Waals surface area (Å²) in [5.74, 6) is 0.306. The van der Waals surface area contributed by atoms with Gasteiger partial charge in [-0.15, -0.1) is 0 Å². The van der Waals surface area contributed by atoms with E-state index in [0.717, 1.165) is 5.56 Å². The van der Waals surface area contributed by atoms with Crippen molar-refractivity contribution < 1.29 is 24.4 Å². The van der Waals surface area contributed by atoms with Gasteiger partial charge in [0, 0.05) is 5.75 Å². The third kappa shape index (κ3) is 3.31. The van der Waals surface area contributed by atoms with Gasteiger partial charge in [0.1, 0.15) is 30.5 Å². The Hall–Kier alpha value is -2.31. The van der Waals surface area contributed by atoms with Crippen molar-refractivity contribution in [2.45, 2.75) is 35.4 Å². The highest BCUT2D eigenvalue weighted by molar-refractivity contribution is 7.98. The number of aliphatic hydroxyl groups is 3. The number of thioether (sulfide) groups is 1. The summed E-state index contributed by atoms with van der Waals surface area (Å²) in [5, 5.41) is 30.3. The molecule has 4 atom stereocenters. The zero-order chi connectivity index (χ0) is 19.8. The summed E-state index contributed by atoms with van der Waals surface area (Å²) in [4.78, 5) is 12.6. The molecule has 1 aliphatic rings. The maximum Gasteiger partial charge on any atom is 0.172 e. The van der Waals surface area contributed by atoms with Crippen LogP contribution in [0.4, 0.5) is 10.2 Å². The molecule has 0 saturated carbocycles. The van der Waals surface area contributed by atoms with Crippen LogP contribution in [0.1, 0.15) is 11.8 Å². The summed E-state index contributed by atoms with van der Waals surface area (Å²) in [6, 6.07) is 6.06. The molecule has 1 fully saturated rings. The third-order valence-corrected chi connectivity index (χ3v) is 5.55. The zero-order valence-corrected chi connectivity index (χ0v) is 15.3. The molecule has 1 saturated heterocycles. The van der Waals surface area contributed by atoms with E-state index in [1.54, 1.807) is 12.1 Å². The van der Waals surface area contributed by atoms with E-state index in [9.17, 15) is 19.7 Å². The van der Waals surface area contributed by atoms with Gasteiger partial charge >= 0.3 is 0 Å². The summed E-state index contributed by atoms with van der Waals surface area (Å²) in [7, 11) is 0. The number of benzene rings is 1. The van der Waals surface area contributed by atoms with Gasteiger partial charge in [-0.25, -0.2) is 19.3 Å². The van der Waals surface area contributed by atoms with Gasteiger partial charge < -0.3 is 25.8 Å². The molecule has 28 heavy (non-hydrogen) atoms. The number of nitrogens with two attached hydrogens (primary N) is 1. The summed E-state index contributed by atoms with van der Waals surface area (Å²) in [6.07, 6.45) is -3.24. The molecule has 0 radical (unpaired) electrons. The average molecular weight is 407 g/mol. The van der Waals surface area contributed by atoms with Crippen molar-refractivity contribution in [1.29, 1.82) is 0 Å². The van der Waals surface area contributed by atoms with Crippen molar-refractivity contribution in [2.24, 2.45) is 0 Å². The topological polar surface area (TPSA) is 140 Å². The average Bonchev–Trinajstić information content (AvgIpc) is 3.20. The summed E-state index contributed by atoms with van der Waals surface area (Å²) < 4.78 is 20.3. The fourth-order valence-electron chi connectivity index (χ4n) is 3.06. The molecule has 148 valence electrons. The lowest BCUT2D eigenvalue weighted by atomic mass is 10.1. The highest BCUT2D eigenvalue weighted by Gasteiger charge is 2.45. The van der Waals surface area contributed by atoms with Crippen LogP contribution in [-0.2, 0) is 10.5 Å². The van der Waals surface area contributed by atoms with E-state index >= 15 is 0 Å². The van der Waals surface area contributed by atoms with Crippen LogP contribution in [0, 0.1) is 5.82 Å². The molecule has 1 aliphatic heterocycles. The van der Waals surface area contributed by atoms with E-state index in [-0.39, 0.29) is 11.6 Å². The first-order chi connectivity index (χ1) is 13.5. The number of hydrogen-bond acceptors (Lipinski definition) is 9. The molecular formula is C17H18FN5O4S. The van der Waals surface area contributed by atoms with E-state index in [1.807, 2.05) is 0 Å². The molecular weight excluding hydrogens is 389 g/mol. The Labute approximate surface area is 163 Å². The summed E-state index contributed by atoms with van der Waals surface area (Å²) in [6.45, 7) is -0.448. The van der Waals surface area contributed by atoms with Crippen LogP contribution in [0.25, 0.3) is 11.2 Å². The summed E-state index contributed by atoms with van der Waals surface area (Å²) in [5.41, 5.74) is 7.44. The highest BCUT2D eigenvalue weighted by Crippen LogP contribution is 2.37. The van der Waals surface area contributed by atoms with Crippen LogP contribution in [0.2, 0.25) is 0 Å². The first kappa shape index (κ1) is 19.0. The first-order valence-electron chi connectivity index (χ1n) is 8.47. The maximum atomic E-state index is 13.1. The summed E-state index contributed by atoms with van der Waals surface area (Å²) >= 11 is 1.31. The number of aliphatic hydroxyl groups excluding tert-OH is 3. The highest BCUT2D eigenvalue weighted by atomic mass is 32.2. The molecule has 3 aromatic rings. The van der Waals surface area contributed by atoms with Gasteiger partial charge in [-0.1, -0.05) is 23.9 Å². The van der Waals surface area contributed by atoms with Gasteiger partial charge in [0.2, 0.25) is 0 Å². The number of fused-ring (bicyclic) bond motifs is 1. The Morgan fingerprint density at radius 2 is 1.93 bits per heavy atom. The van der Waals surface area contributed by atoms with Crippen LogP contribution in [0.3, 0.4) is 0 Å². The molecule has 3 heterocycles. The normalized spacial score (nSPS) is 24.9. The van der Waals surface area contributed by atoms with Crippen LogP contribution in [-0.4, -0.2) is 59.8 Å². The number of anilines is 1. The number of ether oxygens (including phenoxy) is 1. The number of nitrogen functional groups attached to an aromatic ring is 1. The molecule has 0 aliphatic carbocycles. The van der Waals surface area contributed by atoms with Gasteiger partial charge in [0.15, 0.2) is 28.4 Å². The fraction of sp³-hybridized carbons (Fsp3) is 0.353. The smallest absolute Gasteiger partial charge is 0.172 e. The van der Waals surface area contributed by atoms with E-state index in [1.165, 1.54) is 34.8 Å². The van der Waals surface area contributed by atoms with Gasteiger partial charge in [0.25, 0.3) is 0 Å². The van der Waals surface area contributed by atoms with Crippen LogP contribution < -0.4 is 5.73 Å². The standard InChI is InChI=1S/C17H18FN5O4S/c18-9-3-1-8(2-4-9)6-28-17-22-11-14(19)20-7-21-15(11)23(17)16-13(26)12(25)10(5-24)27-16/h1-4,7,10,12-13,16,24-26H,5-6H2,(H2,19,20,21)/t10-,12-,13-,16-/m1/s1.